The Balaban J connectivity index is 2.18. The van der Waals surface area contributed by atoms with Gasteiger partial charge in [0.1, 0.15) is 11.6 Å². The zero-order valence-electron chi connectivity index (χ0n) is 9.32. The lowest BCUT2D eigenvalue weighted by Crippen LogP contribution is -2.05. The van der Waals surface area contributed by atoms with E-state index < -0.39 is 11.6 Å². The van der Waals surface area contributed by atoms with Crippen LogP contribution in [0.4, 0.5) is 14.5 Å². The number of aromatic nitrogens is 1. The summed E-state index contributed by atoms with van der Waals surface area (Å²) in [6.45, 7) is -0.00489. The Morgan fingerprint density at radius 3 is 2.56 bits per heavy atom. The van der Waals surface area contributed by atoms with Crippen LogP contribution in [-0.2, 0) is 6.54 Å². The van der Waals surface area contributed by atoms with Gasteiger partial charge in [-0.05, 0) is 24.3 Å². The molecule has 0 aliphatic heterocycles. The van der Waals surface area contributed by atoms with E-state index in [2.05, 4.69) is 10.3 Å². The summed E-state index contributed by atoms with van der Waals surface area (Å²) in [6, 6.07) is 7.19. The molecule has 1 N–H and O–H groups in total. The van der Waals surface area contributed by atoms with Crippen molar-refractivity contribution in [2.24, 2.45) is 0 Å². The molecule has 18 heavy (non-hydrogen) atoms. The first-order chi connectivity index (χ1) is 8.70. The van der Waals surface area contributed by atoms with E-state index in [4.69, 9.17) is 5.26 Å². The summed E-state index contributed by atoms with van der Waals surface area (Å²) < 4.78 is 27.1. The van der Waals surface area contributed by atoms with Gasteiger partial charge in [0.2, 0.25) is 0 Å². The molecule has 1 aromatic carbocycles. The van der Waals surface area contributed by atoms with E-state index in [9.17, 15) is 8.78 Å². The molecule has 2 aromatic rings. The summed E-state index contributed by atoms with van der Waals surface area (Å²) in [4.78, 5) is 3.88. The topological polar surface area (TPSA) is 48.7 Å². The van der Waals surface area contributed by atoms with Crippen molar-refractivity contribution in [1.29, 1.82) is 5.26 Å². The fourth-order valence-corrected chi connectivity index (χ4v) is 1.49. The first-order valence-electron chi connectivity index (χ1n) is 5.22. The van der Waals surface area contributed by atoms with Crippen LogP contribution in [0.2, 0.25) is 0 Å². The molecule has 2 rings (SSSR count). The summed E-state index contributed by atoms with van der Waals surface area (Å²) in [6.07, 6.45) is 3.16. The van der Waals surface area contributed by atoms with Crippen LogP contribution >= 0.6 is 0 Å². The van der Waals surface area contributed by atoms with Crippen LogP contribution in [0.25, 0.3) is 0 Å². The maximum absolute atomic E-state index is 13.6. The number of nitrogens with one attached hydrogen (secondary N) is 1. The molecule has 0 atom stereocenters. The van der Waals surface area contributed by atoms with Gasteiger partial charge in [0.15, 0.2) is 0 Å². The zero-order valence-corrected chi connectivity index (χ0v) is 9.32. The first kappa shape index (κ1) is 12.0. The quantitative estimate of drug-likeness (QED) is 0.904. The molecule has 0 saturated carbocycles. The molecule has 90 valence electrons. The molecule has 0 amide bonds. The summed E-state index contributed by atoms with van der Waals surface area (Å²) in [5.41, 5.74) is 0.536. The maximum atomic E-state index is 13.6. The fourth-order valence-electron chi connectivity index (χ4n) is 1.49. The number of pyridine rings is 1. The highest BCUT2D eigenvalue weighted by Gasteiger charge is 2.10. The van der Waals surface area contributed by atoms with Crippen molar-refractivity contribution < 1.29 is 8.78 Å². The number of nitrogens with zero attached hydrogens (tertiary/aromatic N) is 2. The van der Waals surface area contributed by atoms with Crippen molar-refractivity contribution in [1.82, 2.24) is 4.98 Å². The van der Waals surface area contributed by atoms with E-state index in [-0.39, 0.29) is 17.7 Å². The van der Waals surface area contributed by atoms with Crippen LogP contribution in [-0.4, -0.2) is 4.98 Å². The second-order valence-electron chi connectivity index (χ2n) is 3.63. The van der Waals surface area contributed by atoms with Crippen molar-refractivity contribution in [2.75, 3.05) is 5.32 Å². The first-order valence-corrected chi connectivity index (χ1v) is 5.22. The van der Waals surface area contributed by atoms with E-state index >= 15 is 0 Å². The van der Waals surface area contributed by atoms with Crippen molar-refractivity contribution in [3.63, 3.8) is 0 Å². The monoisotopic (exact) mass is 245 g/mol. The minimum atomic E-state index is -0.733. The number of rotatable bonds is 3. The molecule has 1 aromatic heterocycles. The highest BCUT2D eigenvalue weighted by Crippen LogP contribution is 2.16. The van der Waals surface area contributed by atoms with Crippen LogP contribution in [0, 0.1) is 23.0 Å². The summed E-state index contributed by atoms with van der Waals surface area (Å²) >= 11 is 0. The average Bonchev–Trinajstić information content (AvgIpc) is 2.38. The summed E-state index contributed by atoms with van der Waals surface area (Å²) in [5.74, 6) is -1.47. The van der Waals surface area contributed by atoms with Crippen LogP contribution in [0.5, 0.6) is 0 Å². The Morgan fingerprint density at radius 1 is 1.28 bits per heavy atom. The van der Waals surface area contributed by atoms with Crippen molar-refractivity contribution in [2.45, 2.75) is 6.54 Å². The molecule has 0 saturated heterocycles. The molecular formula is C13H9F2N3. The number of anilines is 1. The average molecular weight is 245 g/mol. The molecule has 3 nitrogen and oxygen atoms in total. The van der Waals surface area contributed by atoms with Crippen LogP contribution in [0.15, 0.2) is 36.7 Å². The molecule has 1 heterocycles. The van der Waals surface area contributed by atoms with Crippen molar-refractivity contribution >= 4 is 5.69 Å². The highest BCUT2D eigenvalue weighted by molar-refractivity contribution is 5.42. The lowest BCUT2D eigenvalue weighted by atomic mass is 10.1. The van der Waals surface area contributed by atoms with E-state index in [1.54, 1.807) is 30.6 Å². The maximum Gasteiger partial charge on any atom is 0.132 e. The summed E-state index contributed by atoms with van der Waals surface area (Å²) in [7, 11) is 0. The predicted molar refractivity (Wildman–Crippen MR) is 62.6 cm³/mol. The smallest absolute Gasteiger partial charge is 0.132 e. The Labute approximate surface area is 103 Å². The molecule has 0 aliphatic carbocycles. The number of halogens is 2. The van der Waals surface area contributed by atoms with Crippen LogP contribution < -0.4 is 5.32 Å². The Morgan fingerprint density at radius 2 is 2.00 bits per heavy atom. The van der Waals surface area contributed by atoms with Gasteiger partial charge < -0.3 is 5.32 Å². The van der Waals surface area contributed by atoms with Gasteiger partial charge in [0.25, 0.3) is 0 Å². The lowest BCUT2D eigenvalue weighted by Gasteiger charge is -2.08. The van der Waals surface area contributed by atoms with E-state index in [0.29, 0.717) is 5.69 Å². The SMILES string of the molecule is N#Cc1cc(F)c(CNc2cccnc2)c(F)c1. The number of benzene rings is 1. The molecule has 0 unspecified atom stereocenters. The molecular weight excluding hydrogens is 236 g/mol. The second kappa shape index (κ2) is 5.23. The summed E-state index contributed by atoms with van der Waals surface area (Å²) in [5, 5.41) is 11.4. The van der Waals surface area contributed by atoms with Gasteiger partial charge in [-0.15, -0.1) is 0 Å². The second-order valence-corrected chi connectivity index (χ2v) is 3.63. The molecule has 0 fully saturated rings. The van der Waals surface area contributed by atoms with E-state index in [0.717, 1.165) is 12.1 Å². The van der Waals surface area contributed by atoms with Crippen molar-refractivity contribution in [3.05, 3.63) is 59.4 Å². The van der Waals surface area contributed by atoms with E-state index in [1.165, 1.54) is 0 Å². The molecule has 0 aliphatic rings. The van der Waals surface area contributed by atoms with Crippen LogP contribution in [0.3, 0.4) is 0 Å². The highest BCUT2D eigenvalue weighted by atomic mass is 19.1. The normalized spacial score (nSPS) is 9.83. The largest absolute Gasteiger partial charge is 0.379 e. The van der Waals surface area contributed by atoms with Gasteiger partial charge in [-0.1, -0.05) is 0 Å². The number of hydrogen-bond donors (Lipinski definition) is 1. The molecule has 0 bridgehead atoms. The van der Waals surface area contributed by atoms with Crippen LogP contribution in [0.1, 0.15) is 11.1 Å². The molecule has 5 heteroatoms. The number of nitriles is 1. The minimum absolute atomic E-state index is 0.00489. The predicted octanol–water partition coefficient (Wildman–Crippen LogP) is 2.84. The third-order valence-corrected chi connectivity index (χ3v) is 2.40. The molecule has 0 radical (unpaired) electrons. The van der Waals surface area contributed by atoms with E-state index in [1.807, 2.05) is 0 Å². The van der Waals surface area contributed by atoms with Gasteiger partial charge in [-0.25, -0.2) is 8.78 Å². The lowest BCUT2D eigenvalue weighted by molar-refractivity contribution is 0.559. The zero-order chi connectivity index (χ0) is 13.0. The Bertz CT molecular complexity index is 568. The minimum Gasteiger partial charge on any atom is -0.379 e. The van der Waals surface area contributed by atoms with Gasteiger partial charge in [0, 0.05) is 24.5 Å². The fraction of sp³-hybridized carbons (Fsp3) is 0.0769. The third-order valence-electron chi connectivity index (χ3n) is 2.40. The number of hydrogen-bond acceptors (Lipinski definition) is 3. The third kappa shape index (κ3) is 2.61. The standard InChI is InChI=1S/C13H9F2N3/c14-12-4-9(6-16)5-13(15)11(12)8-18-10-2-1-3-17-7-10/h1-5,7,18H,8H2. The molecule has 0 spiro atoms. The van der Waals surface area contributed by atoms with Gasteiger partial charge in [-0.2, -0.15) is 5.26 Å². The Hall–Kier alpha value is -2.48. The Kier molecular flexibility index (Phi) is 3.49. The van der Waals surface area contributed by atoms with Gasteiger partial charge >= 0.3 is 0 Å². The van der Waals surface area contributed by atoms with Gasteiger partial charge in [-0.3, -0.25) is 4.98 Å². The van der Waals surface area contributed by atoms with Gasteiger partial charge in [0.05, 0.1) is 17.3 Å². The van der Waals surface area contributed by atoms with Crippen molar-refractivity contribution in [3.8, 4) is 6.07 Å².